The van der Waals surface area contributed by atoms with Crippen molar-refractivity contribution in [3.63, 3.8) is 0 Å². The van der Waals surface area contributed by atoms with E-state index in [1.54, 1.807) is 0 Å². The monoisotopic (exact) mass is 197 g/mol. The smallest absolute Gasteiger partial charge is 0 e. The first-order valence-electron chi connectivity index (χ1n) is 2.83. The number of hydrogen-bond donors (Lipinski definition) is 0. The van der Waals surface area contributed by atoms with E-state index < -0.39 is 0 Å². The molecule has 0 aromatic carbocycles. The summed E-state index contributed by atoms with van der Waals surface area (Å²) in [5.41, 5.74) is 0.778. The zero-order valence-corrected chi connectivity index (χ0v) is 8.93. The molecule has 1 radical (unpaired) electrons. The summed E-state index contributed by atoms with van der Waals surface area (Å²) >= 11 is 0. The summed E-state index contributed by atoms with van der Waals surface area (Å²) in [5, 5.41) is 0. The summed E-state index contributed by atoms with van der Waals surface area (Å²) in [6.07, 6.45) is 2.36. The Hall–Kier alpha value is 0.584. The first kappa shape index (κ1) is 12.3. The molecule has 1 heteroatoms. The standard InChI is InChI=1S/C8H12.Y/c1-5-8(4)6-7(2)3;/h1,4-5,7H,6H2,2-3H3;/q-2;. The summed E-state index contributed by atoms with van der Waals surface area (Å²) in [4.78, 5) is 0. The minimum atomic E-state index is 0. The molecule has 0 heterocycles. The van der Waals surface area contributed by atoms with Crippen molar-refractivity contribution in [2.75, 3.05) is 0 Å². The molecule has 0 fully saturated rings. The van der Waals surface area contributed by atoms with Crippen molar-refractivity contribution >= 4 is 0 Å². The van der Waals surface area contributed by atoms with E-state index in [1.807, 2.05) is 0 Å². The molecule has 0 aliphatic heterocycles. The van der Waals surface area contributed by atoms with E-state index in [-0.39, 0.29) is 32.7 Å². The normalized spacial score (nSPS) is 8.33. The van der Waals surface area contributed by atoms with Crippen molar-refractivity contribution < 1.29 is 32.7 Å². The van der Waals surface area contributed by atoms with E-state index in [0.29, 0.717) is 5.92 Å². The average Bonchev–Trinajstić information content (AvgIpc) is 1.65. The zero-order valence-electron chi connectivity index (χ0n) is 6.09. The molecule has 0 spiro atoms. The van der Waals surface area contributed by atoms with Crippen LogP contribution < -0.4 is 0 Å². The third kappa shape index (κ3) is 8.58. The van der Waals surface area contributed by atoms with Gasteiger partial charge < -0.3 is 24.8 Å². The zero-order chi connectivity index (χ0) is 6.57. The topological polar surface area (TPSA) is 0 Å². The Bertz CT molecular complexity index is 92.7. The average molecular weight is 197 g/mol. The Kier molecular flexibility index (Phi) is 9.14. The van der Waals surface area contributed by atoms with Gasteiger partial charge in [0.2, 0.25) is 0 Å². The van der Waals surface area contributed by atoms with Crippen LogP contribution >= 0.6 is 0 Å². The predicted molar refractivity (Wildman–Crippen MR) is 36.1 cm³/mol. The van der Waals surface area contributed by atoms with E-state index in [9.17, 15) is 0 Å². The van der Waals surface area contributed by atoms with Gasteiger partial charge in [0.1, 0.15) is 0 Å². The maximum atomic E-state index is 5.41. The van der Waals surface area contributed by atoms with Crippen LogP contribution in [0.3, 0.4) is 0 Å². The van der Waals surface area contributed by atoms with Crippen LogP contribution in [0.1, 0.15) is 20.3 Å². The van der Waals surface area contributed by atoms with E-state index in [4.69, 9.17) is 13.2 Å². The first-order chi connectivity index (χ1) is 3.66. The van der Waals surface area contributed by atoms with Crippen molar-refractivity contribution in [3.8, 4) is 0 Å². The molecule has 0 amide bonds. The molecule has 0 unspecified atom stereocenters. The fourth-order valence-corrected chi connectivity index (χ4v) is 0.539. The molecule has 0 N–H and O–H groups in total. The van der Waals surface area contributed by atoms with Crippen LogP contribution in [0.5, 0.6) is 0 Å². The Morgan fingerprint density at radius 1 is 1.56 bits per heavy atom. The van der Waals surface area contributed by atoms with Crippen LogP contribution in [-0.2, 0) is 32.7 Å². The molecule has 0 atom stereocenters. The minimum Gasteiger partial charge on any atom is -0.394 e. The molecule has 0 nitrogen and oxygen atoms in total. The van der Waals surface area contributed by atoms with Crippen molar-refractivity contribution in [2.24, 2.45) is 5.92 Å². The predicted octanol–water partition coefficient (Wildman–Crippen LogP) is 2.38. The van der Waals surface area contributed by atoms with Gasteiger partial charge in [-0.2, -0.15) is 0 Å². The fraction of sp³-hybridized carbons (Fsp3) is 0.500. The van der Waals surface area contributed by atoms with Crippen LogP contribution in [0.4, 0.5) is 0 Å². The molecular weight excluding hydrogens is 185 g/mol. The van der Waals surface area contributed by atoms with Gasteiger partial charge in [0.15, 0.2) is 0 Å². The SMILES string of the molecule is [CH-]=CC(=[CH-])CC(C)C.[Y]. The molecule has 0 saturated heterocycles. The molecule has 0 aromatic heterocycles. The van der Waals surface area contributed by atoms with Crippen LogP contribution in [0.25, 0.3) is 0 Å². The second-order valence-electron chi connectivity index (χ2n) is 2.34. The van der Waals surface area contributed by atoms with Crippen molar-refractivity contribution in [1.82, 2.24) is 0 Å². The largest absolute Gasteiger partial charge is 0.394 e. The first-order valence-corrected chi connectivity index (χ1v) is 2.83. The second kappa shape index (κ2) is 6.70. The summed E-state index contributed by atoms with van der Waals surface area (Å²) in [5.74, 6) is 0.606. The Morgan fingerprint density at radius 3 is 2.11 bits per heavy atom. The van der Waals surface area contributed by atoms with Gasteiger partial charge in [0, 0.05) is 32.7 Å². The number of hydrogen-bond acceptors (Lipinski definition) is 0. The van der Waals surface area contributed by atoms with Gasteiger partial charge in [-0.15, -0.1) is 6.42 Å². The van der Waals surface area contributed by atoms with E-state index >= 15 is 0 Å². The number of rotatable bonds is 3. The van der Waals surface area contributed by atoms with Crippen LogP contribution in [0, 0.1) is 19.1 Å². The van der Waals surface area contributed by atoms with Gasteiger partial charge >= 0.3 is 0 Å². The van der Waals surface area contributed by atoms with Crippen LogP contribution in [-0.4, -0.2) is 0 Å². The van der Waals surface area contributed by atoms with Gasteiger partial charge in [-0.1, -0.05) is 19.8 Å². The molecule has 0 aliphatic carbocycles. The molecule has 9 heavy (non-hydrogen) atoms. The Labute approximate surface area is 83.3 Å². The third-order valence-electron chi connectivity index (χ3n) is 0.858. The van der Waals surface area contributed by atoms with Crippen LogP contribution in [0.2, 0.25) is 0 Å². The summed E-state index contributed by atoms with van der Waals surface area (Å²) in [6, 6.07) is 0. The van der Waals surface area contributed by atoms with E-state index in [2.05, 4.69) is 13.8 Å². The van der Waals surface area contributed by atoms with Gasteiger partial charge in [-0.05, 0) is 0 Å². The fourth-order valence-electron chi connectivity index (χ4n) is 0.539. The Balaban J connectivity index is 0. The van der Waals surface area contributed by atoms with E-state index in [0.717, 1.165) is 12.0 Å². The molecule has 0 rings (SSSR count). The van der Waals surface area contributed by atoms with Gasteiger partial charge in [0.05, 0.1) is 0 Å². The van der Waals surface area contributed by atoms with Gasteiger partial charge in [0.25, 0.3) is 0 Å². The maximum Gasteiger partial charge on any atom is 0 e. The minimum absolute atomic E-state index is 0. The van der Waals surface area contributed by atoms with Crippen LogP contribution in [0.15, 0.2) is 11.6 Å². The molecule has 0 aromatic rings. The molecule has 49 valence electrons. The molecular formula is C8H12Y-2. The number of allylic oxidation sites excluding steroid dienone is 2. The summed E-state index contributed by atoms with van der Waals surface area (Å²) in [7, 11) is 0. The molecule has 0 bridgehead atoms. The molecule has 0 saturated carbocycles. The summed E-state index contributed by atoms with van der Waals surface area (Å²) in [6.45, 7) is 14.8. The van der Waals surface area contributed by atoms with Crippen molar-refractivity contribution in [1.29, 1.82) is 0 Å². The Morgan fingerprint density at radius 2 is 2.00 bits per heavy atom. The van der Waals surface area contributed by atoms with Crippen molar-refractivity contribution in [3.05, 3.63) is 24.8 Å². The van der Waals surface area contributed by atoms with E-state index in [1.165, 1.54) is 6.08 Å². The summed E-state index contributed by atoms with van der Waals surface area (Å²) < 4.78 is 0. The van der Waals surface area contributed by atoms with Gasteiger partial charge in [-0.3, -0.25) is 0 Å². The molecule has 0 aliphatic rings. The maximum absolute atomic E-state index is 5.41. The second-order valence-corrected chi connectivity index (χ2v) is 2.34. The van der Waals surface area contributed by atoms with Gasteiger partial charge in [-0.25, -0.2) is 0 Å². The van der Waals surface area contributed by atoms with Crippen molar-refractivity contribution in [2.45, 2.75) is 20.3 Å². The third-order valence-corrected chi connectivity index (χ3v) is 0.858. The quantitative estimate of drug-likeness (QED) is 0.481.